The summed E-state index contributed by atoms with van der Waals surface area (Å²) in [7, 11) is 1.94. The molecular formula is C28H41N3O3. The number of nitrogens with one attached hydrogen (secondary N) is 3. The van der Waals surface area contributed by atoms with Gasteiger partial charge in [0.1, 0.15) is 5.60 Å². The van der Waals surface area contributed by atoms with E-state index in [4.69, 9.17) is 4.74 Å². The highest BCUT2D eigenvalue weighted by molar-refractivity contribution is 5.76. The SMILES string of the molecule is CNc1cccc(-c2cccc(CCCCCCCC(=O)NCCNC(=O)OC(C)(C)C)c2)c1. The van der Waals surface area contributed by atoms with Crippen LogP contribution in [0, 0.1) is 0 Å². The minimum Gasteiger partial charge on any atom is -0.444 e. The quantitative estimate of drug-likeness (QED) is 0.320. The average Bonchev–Trinajstić information content (AvgIpc) is 2.80. The molecule has 0 radical (unpaired) electrons. The van der Waals surface area contributed by atoms with Crippen molar-refractivity contribution in [2.75, 3.05) is 25.5 Å². The number of anilines is 1. The highest BCUT2D eigenvalue weighted by Crippen LogP contribution is 2.24. The van der Waals surface area contributed by atoms with E-state index in [2.05, 4.69) is 64.5 Å². The molecule has 0 aromatic heterocycles. The zero-order chi connectivity index (χ0) is 24.8. The van der Waals surface area contributed by atoms with E-state index < -0.39 is 11.7 Å². The van der Waals surface area contributed by atoms with E-state index in [1.165, 1.54) is 23.1 Å². The van der Waals surface area contributed by atoms with Crippen molar-refractivity contribution in [3.63, 3.8) is 0 Å². The van der Waals surface area contributed by atoms with Crippen LogP contribution in [0.2, 0.25) is 0 Å². The van der Waals surface area contributed by atoms with Crippen molar-refractivity contribution in [3.8, 4) is 11.1 Å². The van der Waals surface area contributed by atoms with Gasteiger partial charge >= 0.3 is 6.09 Å². The van der Waals surface area contributed by atoms with Gasteiger partial charge in [0.15, 0.2) is 0 Å². The molecule has 34 heavy (non-hydrogen) atoms. The van der Waals surface area contributed by atoms with Crippen LogP contribution in [0.1, 0.15) is 64.9 Å². The minimum atomic E-state index is -0.518. The summed E-state index contributed by atoms with van der Waals surface area (Å²) in [6, 6.07) is 17.3. The lowest BCUT2D eigenvalue weighted by Crippen LogP contribution is -2.37. The number of ether oxygens (including phenoxy) is 1. The molecule has 2 rings (SSSR count). The second-order valence-corrected chi connectivity index (χ2v) is 9.58. The minimum absolute atomic E-state index is 0.0325. The van der Waals surface area contributed by atoms with Gasteiger partial charge in [-0.3, -0.25) is 4.79 Å². The largest absolute Gasteiger partial charge is 0.444 e. The zero-order valence-electron chi connectivity index (χ0n) is 21.2. The van der Waals surface area contributed by atoms with Crippen molar-refractivity contribution < 1.29 is 14.3 Å². The van der Waals surface area contributed by atoms with Crippen molar-refractivity contribution >= 4 is 17.7 Å². The molecule has 2 aromatic carbocycles. The number of carbonyl (C=O) groups excluding carboxylic acids is 2. The molecule has 2 amide bonds. The van der Waals surface area contributed by atoms with Gasteiger partial charge in [0.25, 0.3) is 0 Å². The van der Waals surface area contributed by atoms with Crippen molar-refractivity contribution in [2.45, 2.75) is 71.3 Å². The maximum absolute atomic E-state index is 11.9. The fourth-order valence-electron chi connectivity index (χ4n) is 3.67. The van der Waals surface area contributed by atoms with Crippen LogP contribution in [0.5, 0.6) is 0 Å². The smallest absolute Gasteiger partial charge is 0.407 e. The third kappa shape index (κ3) is 11.2. The van der Waals surface area contributed by atoms with Gasteiger partial charge in [-0.25, -0.2) is 4.79 Å². The van der Waals surface area contributed by atoms with Crippen LogP contribution in [0.15, 0.2) is 48.5 Å². The molecule has 6 heteroatoms. The monoisotopic (exact) mass is 467 g/mol. The predicted molar refractivity (Wildman–Crippen MR) is 140 cm³/mol. The lowest BCUT2D eigenvalue weighted by molar-refractivity contribution is -0.121. The Morgan fingerprint density at radius 2 is 1.47 bits per heavy atom. The highest BCUT2D eigenvalue weighted by Gasteiger charge is 2.15. The molecule has 0 saturated heterocycles. The molecule has 0 aliphatic carbocycles. The molecule has 6 nitrogen and oxygen atoms in total. The Hall–Kier alpha value is -3.02. The first kappa shape index (κ1) is 27.2. The van der Waals surface area contributed by atoms with E-state index >= 15 is 0 Å². The van der Waals surface area contributed by atoms with Gasteiger partial charge in [-0.2, -0.15) is 0 Å². The molecular weight excluding hydrogens is 426 g/mol. The number of hydrogen-bond donors (Lipinski definition) is 3. The number of benzene rings is 2. The maximum Gasteiger partial charge on any atom is 0.407 e. The normalized spacial score (nSPS) is 11.1. The molecule has 0 unspecified atom stereocenters. The van der Waals surface area contributed by atoms with Gasteiger partial charge in [-0.1, -0.05) is 55.7 Å². The predicted octanol–water partition coefficient (Wildman–Crippen LogP) is 5.92. The first-order valence-corrected chi connectivity index (χ1v) is 12.4. The summed E-state index contributed by atoms with van der Waals surface area (Å²) < 4.78 is 5.15. The number of carbonyl (C=O) groups is 2. The summed E-state index contributed by atoms with van der Waals surface area (Å²) in [5.41, 5.74) is 4.45. The summed E-state index contributed by atoms with van der Waals surface area (Å²) in [5, 5.41) is 8.67. The van der Waals surface area contributed by atoms with Gasteiger partial charge < -0.3 is 20.7 Å². The van der Waals surface area contributed by atoms with Crippen LogP contribution in [0.25, 0.3) is 11.1 Å². The van der Waals surface area contributed by atoms with E-state index in [1.807, 2.05) is 27.8 Å². The topological polar surface area (TPSA) is 79.5 Å². The van der Waals surface area contributed by atoms with Crippen LogP contribution in [0.3, 0.4) is 0 Å². The first-order valence-electron chi connectivity index (χ1n) is 12.4. The Kier molecular flexibility index (Phi) is 11.4. The molecule has 2 aromatic rings. The molecule has 3 N–H and O–H groups in total. The molecule has 0 aliphatic heterocycles. The summed E-state index contributed by atoms with van der Waals surface area (Å²) in [6.07, 6.45) is 6.55. The molecule has 186 valence electrons. The fraction of sp³-hybridized carbons (Fsp3) is 0.500. The summed E-state index contributed by atoms with van der Waals surface area (Å²) in [5.74, 6) is 0.0325. The number of aryl methyl sites for hydroxylation is 1. The lowest BCUT2D eigenvalue weighted by Gasteiger charge is -2.19. The van der Waals surface area contributed by atoms with Crippen LogP contribution in [-0.4, -0.2) is 37.7 Å². The standard InChI is InChI=1S/C28H41N3O3/c1-28(2,3)34-27(33)31-19-18-30-26(32)17-9-7-5-6-8-12-22-13-10-14-23(20-22)24-15-11-16-25(21-24)29-4/h10-11,13-16,20-21,29H,5-9,12,17-19H2,1-4H3,(H,30,32)(H,31,33). The maximum atomic E-state index is 11.9. The van der Waals surface area contributed by atoms with E-state index in [0.717, 1.165) is 37.8 Å². The van der Waals surface area contributed by atoms with E-state index in [9.17, 15) is 9.59 Å². The number of unbranched alkanes of at least 4 members (excludes halogenated alkanes) is 4. The number of amides is 2. The van der Waals surface area contributed by atoms with Crippen LogP contribution in [-0.2, 0) is 16.0 Å². The first-order chi connectivity index (χ1) is 16.3. The van der Waals surface area contributed by atoms with E-state index in [-0.39, 0.29) is 5.91 Å². The molecule has 0 aliphatic rings. The molecule has 0 atom stereocenters. The summed E-state index contributed by atoms with van der Waals surface area (Å²) in [6.45, 7) is 6.23. The van der Waals surface area contributed by atoms with Crippen LogP contribution in [0.4, 0.5) is 10.5 Å². The summed E-state index contributed by atoms with van der Waals surface area (Å²) >= 11 is 0. The number of hydrogen-bond acceptors (Lipinski definition) is 4. The van der Waals surface area contributed by atoms with Crippen molar-refractivity contribution in [3.05, 3.63) is 54.1 Å². The number of rotatable bonds is 13. The molecule has 0 heterocycles. The Balaban J connectivity index is 1.54. The molecule has 0 spiro atoms. The van der Waals surface area contributed by atoms with Gasteiger partial charge in [-0.15, -0.1) is 0 Å². The Morgan fingerprint density at radius 1 is 0.824 bits per heavy atom. The van der Waals surface area contributed by atoms with E-state index in [0.29, 0.717) is 19.5 Å². The van der Waals surface area contributed by atoms with Crippen LogP contribution < -0.4 is 16.0 Å². The van der Waals surface area contributed by atoms with Crippen molar-refractivity contribution in [2.24, 2.45) is 0 Å². The van der Waals surface area contributed by atoms with Crippen LogP contribution >= 0.6 is 0 Å². The molecule has 0 saturated carbocycles. The van der Waals surface area contributed by atoms with E-state index in [1.54, 1.807) is 0 Å². The van der Waals surface area contributed by atoms with Crippen molar-refractivity contribution in [1.29, 1.82) is 0 Å². The lowest BCUT2D eigenvalue weighted by atomic mass is 9.99. The molecule has 0 fully saturated rings. The van der Waals surface area contributed by atoms with Crippen molar-refractivity contribution in [1.82, 2.24) is 10.6 Å². The van der Waals surface area contributed by atoms with Gasteiger partial charge in [0.05, 0.1) is 0 Å². The van der Waals surface area contributed by atoms with Gasteiger partial charge in [0.2, 0.25) is 5.91 Å². The number of alkyl carbamates (subject to hydrolysis) is 1. The zero-order valence-corrected chi connectivity index (χ0v) is 21.2. The second kappa shape index (κ2) is 14.3. The Morgan fingerprint density at radius 3 is 2.21 bits per heavy atom. The fourth-order valence-corrected chi connectivity index (χ4v) is 3.67. The second-order valence-electron chi connectivity index (χ2n) is 9.58. The third-order valence-corrected chi connectivity index (χ3v) is 5.40. The average molecular weight is 468 g/mol. The molecule has 0 bridgehead atoms. The van der Waals surface area contributed by atoms with Gasteiger partial charge in [0, 0.05) is 32.2 Å². The Bertz CT molecular complexity index is 906. The third-order valence-electron chi connectivity index (χ3n) is 5.40. The Labute approximate surface area is 204 Å². The van der Waals surface area contributed by atoms with Gasteiger partial charge in [-0.05, 0) is 68.9 Å². The summed E-state index contributed by atoms with van der Waals surface area (Å²) in [4.78, 5) is 23.5. The highest BCUT2D eigenvalue weighted by atomic mass is 16.6.